The Morgan fingerprint density at radius 2 is 1.55 bits per heavy atom. The lowest BCUT2D eigenvalue weighted by atomic mass is 9.75. The van der Waals surface area contributed by atoms with Gasteiger partial charge in [0, 0.05) is 37.3 Å². The first-order chi connectivity index (χ1) is 20.7. The molecule has 4 rings (SSSR count). The average Bonchev–Trinajstić information content (AvgIpc) is 2.97. The number of ether oxygens (including phenoxy) is 2. The third kappa shape index (κ3) is 6.41. The van der Waals surface area contributed by atoms with Crippen LogP contribution in [0.1, 0.15) is 74.6 Å². The molecule has 2 aliphatic rings. The Labute approximate surface area is 258 Å². The molecule has 1 saturated heterocycles. The molecule has 2 aromatic rings. The number of likely N-dealkylation sites (tertiary alicyclic amines) is 1. The van der Waals surface area contributed by atoms with Crippen molar-refractivity contribution in [2.45, 2.75) is 71.3 Å². The second-order valence-corrected chi connectivity index (χ2v) is 15.1. The van der Waals surface area contributed by atoms with Crippen LogP contribution in [-0.2, 0) is 27.9 Å². The van der Waals surface area contributed by atoms with E-state index in [1.807, 2.05) is 26.0 Å². The molecule has 12 heteroatoms. The molecular formula is C32H43N2O9P. The summed E-state index contributed by atoms with van der Waals surface area (Å²) in [5, 5.41) is 1.42. The van der Waals surface area contributed by atoms with E-state index in [2.05, 4.69) is 0 Å². The molecule has 44 heavy (non-hydrogen) atoms. The fraction of sp³-hybridized carbons (Fsp3) is 0.562. The molecule has 2 heterocycles. The summed E-state index contributed by atoms with van der Waals surface area (Å²) in [5.41, 5.74) is -0.0768. The van der Waals surface area contributed by atoms with Crippen molar-refractivity contribution < 1.29 is 42.3 Å². The highest BCUT2D eigenvalue weighted by Gasteiger charge is 2.57. The predicted molar refractivity (Wildman–Crippen MR) is 164 cm³/mol. The van der Waals surface area contributed by atoms with Crippen LogP contribution in [-0.4, -0.2) is 79.0 Å². The summed E-state index contributed by atoms with van der Waals surface area (Å²) in [6.07, 6.45) is 0.101. The summed E-state index contributed by atoms with van der Waals surface area (Å²) in [4.78, 5) is 56.7. The Bertz CT molecular complexity index is 1430. The zero-order chi connectivity index (χ0) is 32.6. The van der Waals surface area contributed by atoms with Crippen molar-refractivity contribution in [2.24, 2.45) is 17.8 Å². The molecule has 0 aliphatic carbocycles. The molecule has 240 valence electrons. The molecule has 2 aromatic carbocycles. The number of hydrogen-bond acceptors (Lipinski definition) is 9. The monoisotopic (exact) mass is 630 g/mol. The molecule has 0 unspecified atom stereocenters. The SMILES string of the molecule is COC(=O)[C@H]1C[C@H](CC(C)C)[C@@H](CCN2C(=O)c3cccc4cccc(c34)C2=O)[C@H](P(=O)(OC)OC)N1C(=O)OC(C)(C)C. The Kier molecular flexibility index (Phi) is 9.93. The van der Waals surface area contributed by atoms with Crippen LogP contribution in [0.2, 0.25) is 0 Å². The van der Waals surface area contributed by atoms with Gasteiger partial charge in [-0.1, -0.05) is 38.1 Å². The Balaban J connectivity index is 1.80. The number of amides is 3. The lowest BCUT2D eigenvalue weighted by Crippen LogP contribution is -2.60. The van der Waals surface area contributed by atoms with Gasteiger partial charge >= 0.3 is 19.7 Å². The summed E-state index contributed by atoms with van der Waals surface area (Å²) < 4.78 is 36.1. The zero-order valence-corrected chi connectivity index (χ0v) is 27.6. The van der Waals surface area contributed by atoms with Crippen LogP contribution < -0.4 is 0 Å². The van der Waals surface area contributed by atoms with Crippen LogP contribution >= 0.6 is 7.60 Å². The van der Waals surface area contributed by atoms with Crippen molar-refractivity contribution in [3.05, 3.63) is 47.5 Å². The summed E-state index contributed by atoms with van der Waals surface area (Å²) in [7, 11) is -0.438. The standard InChI is InChI=1S/C32H43N2O9P/c1-19(2)17-21-18-25(30(37)40-6)34(31(38)43-32(3,4)5)29(44(39,41-7)42-8)22(21)15-16-33-27(35)23-13-9-11-20-12-10-14-24(26(20)23)28(33)36/h9-14,19,21-22,25,29H,15-18H2,1-8H3/t21-,22+,25+,29-/m0/s1. The van der Waals surface area contributed by atoms with Crippen LogP contribution in [0.25, 0.3) is 10.8 Å². The minimum Gasteiger partial charge on any atom is -0.467 e. The van der Waals surface area contributed by atoms with E-state index in [9.17, 15) is 23.7 Å². The van der Waals surface area contributed by atoms with E-state index >= 15 is 0 Å². The van der Waals surface area contributed by atoms with Crippen molar-refractivity contribution in [1.29, 1.82) is 0 Å². The van der Waals surface area contributed by atoms with Gasteiger partial charge in [0.2, 0.25) is 0 Å². The highest BCUT2D eigenvalue weighted by atomic mass is 31.2. The highest BCUT2D eigenvalue weighted by Crippen LogP contribution is 2.60. The highest BCUT2D eigenvalue weighted by molar-refractivity contribution is 7.54. The Morgan fingerprint density at radius 3 is 2.02 bits per heavy atom. The van der Waals surface area contributed by atoms with Crippen LogP contribution in [0, 0.1) is 17.8 Å². The van der Waals surface area contributed by atoms with Crippen molar-refractivity contribution in [1.82, 2.24) is 9.80 Å². The van der Waals surface area contributed by atoms with Gasteiger partial charge in [-0.2, -0.15) is 0 Å². The predicted octanol–water partition coefficient (Wildman–Crippen LogP) is 6.10. The van der Waals surface area contributed by atoms with E-state index in [0.717, 1.165) is 10.3 Å². The molecule has 3 amide bonds. The van der Waals surface area contributed by atoms with Crippen molar-refractivity contribution in [3.63, 3.8) is 0 Å². The quantitative estimate of drug-likeness (QED) is 0.183. The average molecular weight is 631 g/mol. The topological polar surface area (TPSA) is 129 Å². The molecule has 0 bridgehead atoms. The van der Waals surface area contributed by atoms with Gasteiger partial charge in [0.15, 0.2) is 0 Å². The maximum absolute atomic E-state index is 14.4. The zero-order valence-electron chi connectivity index (χ0n) is 26.7. The number of hydrogen-bond donors (Lipinski definition) is 0. The summed E-state index contributed by atoms with van der Waals surface area (Å²) >= 11 is 0. The van der Waals surface area contributed by atoms with E-state index in [-0.39, 0.29) is 31.2 Å². The van der Waals surface area contributed by atoms with Crippen molar-refractivity contribution >= 4 is 42.2 Å². The summed E-state index contributed by atoms with van der Waals surface area (Å²) in [5.74, 6) is -3.51. The van der Waals surface area contributed by atoms with E-state index < -0.39 is 54.8 Å². The van der Waals surface area contributed by atoms with Crippen molar-refractivity contribution in [2.75, 3.05) is 27.9 Å². The minimum absolute atomic E-state index is 0.0172. The van der Waals surface area contributed by atoms with Gasteiger partial charge < -0.3 is 18.5 Å². The minimum atomic E-state index is -4.12. The smallest absolute Gasteiger partial charge is 0.411 e. The van der Waals surface area contributed by atoms with Crippen LogP contribution in [0.3, 0.4) is 0 Å². The Hall–Kier alpha value is -3.27. The third-order valence-electron chi connectivity index (χ3n) is 8.36. The normalized spacial score (nSPS) is 22.5. The number of esters is 1. The lowest BCUT2D eigenvalue weighted by Gasteiger charge is -2.50. The van der Waals surface area contributed by atoms with Crippen LogP contribution in [0.4, 0.5) is 4.79 Å². The maximum Gasteiger partial charge on any atom is 0.411 e. The van der Waals surface area contributed by atoms with E-state index in [1.54, 1.807) is 45.0 Å². The molecule has 4 atom stereocenters. The fourth-order valence-electron chi connectivity index (χ4n) is 6.61. The second-order valence-electron chi connectivity index (χ2n) is 12.8. The van der Waals surface area contributed by atoms with Gasteiger partial charge in [0.05, 0.1) is 7.11 Å². The first-order valence-corrected chi connectivity index (χ1v) is 16.5. The number of benzene rings is 2. The molecule has 0 N–H and O–H groups in total. The summed E-state index contributed by atoms with van der Waals surface area (Å²) in [6.45, 7) is 9.11. The lowest BCUT2D eigenvalue weighted by molar-refractivity contribution is -0.151. The third-order valence-corrected chi connectivity index (χ3v) is 10.7. The van der Waals surface area contributed by atoms with E-state index in [1.165, 1.54) is 26.2 Å². The number of carbonyl (C=O) groups is 4. The largest absolute Gasteiger partial charge is 0.467 e. The number of piperidine rings is 1. The van der Waals surface area contributed by atoms with E-state index in [4.69, 9.17) is 18.5 Å². The number of rotatable bonds is 9. The van der Waals surface area contributed by atoms with Gasteiger partial charge in [-0.3, -0.25) is 24.0 Å². The molecule has 0 radical (unpaired) electrons. The molecule has 0 aromatic heterocycles. The van der Waals surface area contributed by atoms with Gasteiger partial charge in [0.1, 0.15) is 17.4 Å². The fourth-order valence-corrected chi connectivity index (χ4v) is 8.61. The molecular weight excluding hydrogens is 587 g/mol. The molecule has 0 saturated carbocycles. The molecule has 0 spiro atoms. The first-order valence-electron chi connectivity index (χ1n) is 14.9. The second kappa shape index (κ2) is 13.0. The maximum atomic E-state index is 14.4. The molecule has 1 fully saturated rings. The summed E-state index contributed by atoms with van der Waals surface area (Å²) in [6, 6.07) is 9.56. The van der Waals surface area contributed by atoms with Gasteiger partial charge in [-0.05, 0) is 75.3 Å². The number of nitrogens with zero attached hydrogens (tertiary/aromatic N) is 2. The number of carbonyl (C=O) groups excluding carboxylic acids is 4. The molecule has 2 aliphatic heterocycles. The van der Waals surface area contributed by atoms with Crippen LogP contribution in [0.5, 0.6) is 0 Å². The Morgan fingerprint density at radius 1 is 0.977 bits per heavy atom. The van der Waals surface area contributed by atoms with Gasteiger partial charge in [-0.15, -0.1) is 0 Å². The van der Waals surface area contributed by atoms with Crippen molar-refractivity contribution in [3.8, 4) is 0 Å². The van der Waals surface area contributed by atoms with Gasteiger partial charge in [0.25, 0.3) is 11.8 Å². The molecule has 11 nitrogen and oxygen atoms in total. The van der Waals surface area contributed by atoms with E-state index in [0.29, 0.717) is 22.9 Å². The van der Waals surface area contributed by atoms with Gasteiger partial charge in [-0.25, -0.2) is 9.59 Å². The number of methoxy groups -OCH3 is 1. The van der Waals surface area contributed by atoms with Crippen LogP contribution in [0.15, 0.2) is 36.4 Å². The first kappa shape index (κ1) is 33.6. The number of imide groups is 1.